The quantitative estimate of drug-likeness (QED) is 0.536. The zero-order chi connectivity index (χ0) is 12.8. The lowest BCUT2D eigenvalue weighted by molar-refractivity contribution is 0.738. The molecular weight excluding hydrogens is 192 g/mol. The molecule has 1 aliphatic rings. The highest BCUT2D eigenvalue weighted by molar-refractivity contribution is 5.29. The summed E-state index contributed by atoms with van der Waals surface area (Å²) < 4.78 is 0. The monoisotopic (exact) mass is 220 g/mol. The highest BCUT2D eigenvalue weighted by Crippen LogP contribution is 2.15. The average molecular weight is 220 g/mol. The van der Waals surface area contributed by atoms with E-state index in [1.54, 1.807) is 0 Å². The molecule has 0 bridgehead atoms. The highest BCUT2D eigenvalue weighted by Gasteiger charge is 1.97. The van der Waals surface area contributed by atoms with E-state index in [9.17, 15) is 0 Å². The van der Waals surface area contributed by atoms with Crippen molar-refractivity contribution in [2.45, 2.75) is 47.5 Å². The van der Waals surface area contributed by atoms with E-state index in [1.165, 1.54) is 5.57 Å². The molecule has 0 heteroatoms. The Morgan fingerprint density at radius 3 is 2.31 bits per heavy atom. The maximum atomic E-state index is 3.73. The summed E-state index contributed by atoms with van der Waals surface area (Å²) in [6.45, 7) is 14.0. The lowest BCUT2D eigenvalue weighted by Crippen LogP contribution is -1.90. The fourth-order valence-electron chi connectivity index (χ4n) is 1.35. The SMILES string of the molecule is C=CCC(C)/C=C1/C=CC=CC1.CC.CC. The minimum absolute atomic E-state index is 0.619. The van der Waals surface area contributed by atoms with Crippen molar-refractivity contribution in [3.05, 3.63) is 48.6 Å². The molecule has 0 aliphatic heterocycles. The van der Waals surface area contributed by atoms with Gasteiger partial charge in [-0.2, -0.15) is 0 Å². The topological polar surface area (TPSA) is 0 Å². The summed E-state index contributed by atoms with van der Waals surface area (Å²) in [6.07, 6.45) is 15.0. The number of hydrogen-bond donors (Lipinski definition) is 0. The van der Waals surface area contributed by atoms with Crippen molar-refractivity contribution in [3.63, 3.8) is 0 Å². The van der Waals surface area contributed by atoms with Gasteiger partial charge in [0.15, 0.2) is 0 Å². The van der Waals surface area contributed by atoms with Gasteiger partial charge in [0.25, 0.3) is 0 Å². The van der Waals surface area contributed by atoms with Gasteiger partial charge in [-0.05, 0) is 24.3 Å². The van der Waals surface area contributed by atoms with Crippen LogP contribution in [-0.2, 0) is 0 Å². The van der Waals surface area contributed by atoms with Gasteiger partial charge in [-0.15, -0.1) is 6.58 Å². The van der Waals surface area contributed by atoms with Gasteiger partial charge in [0.1, 0.15) is 0 Å². The second-order valence-electron chi connectivity index (χ2n) is 3.23. The molecule has 0 aromatic rings. The summed E-state index contributed by atoms with van der Waals surface area (Å²) >= 11 is 0. The molecule has 1 rings (SSSR count). The van der Waals surface area contributed by atoms with Crippen molar-refractivity contribution in [2.24, 2.45) is 5.92 Å². The average Bonchev–Trinajstić information content (AvgIpc) is 2.36. The van der Waals surface area contributed by atoms with E-state index in [1.807, 2.05) is 33.8 Å². The Hall–Kier alpha value is -1.04. The minimum Gasteiger partial charge on any atom is -0.103 e. The van der Waals surface area contributed by atoms with Crippen LogP contribution in [0.3, 0.4) is 0 Å². The van der Waals surface area contributed by atoms with Crippen molar-refractivity contribution in [1.82, 2.24) is 0 Å². The summed E-state index contributed by atoms with van der Waals surface area (Å²) in [5.74, 6) is 0.619. The van der Waals surface area contributed by atoms with Crippen molar-refractivity contribution >= 4 is 0 Å². The maximum absolute atomic E-state index is 3.73. The van der Waals surface area contributed by atoms with Crippen molar-refractivity contribution in [3.8, 4) is 0 Å². The summed E-state index contributed by atoms with van der Waals surface area (Å²) in [7, 11) is 0. The molecule has 0 saturated carbocycles. The lowest BCUT2D eigenvalue weighted by Gasteiger charge is -2.06. The smallest absolute Gasteiger partial charge is 0.00974 e. The Labute approximate surface area is 102 Å². The first-order chi connectivity index (χ1) is 7.83. The molecule has 0 N–H and O–H groups in total. The zero-order valence-corrected chi connectivity index (χ0v) is 11.7. The summed E-state index contributed by atoms with van der Waals surface area (Å²) in [5.41, 5.74) is 1.42. The van der Waals surface area contributed by atoms with Crippen LogP contribution in [-0.4, -0.2) is 0 Å². The van der Waals surface area contributed by atoms with Crippen LogP contribution in [0.4, 0.5) is 0 Å². The van der Waals surface area contributed by atoms with Crippen LogP contribution >= 0.6 is 0 Å². The second-order valence-corrected chi connectivity index (χ2v) is 3.23. The molecule has 0 nitrogen and oxygen atoms in total. The first-order valence-electron chi connectivity index (χ1n) is 6.47. The van der Waals surface area contributed by atoms with Crippen LogP contribution in [0, 0.1) is 5.92 Å². The molecule has 0 heterocycles. The number of rotatable bonds is 3. The predicted molar refractivity (Wildman–Crippen MR) is 77.7 cm³/mol. The third-order valence-electron chi connectivity index (χ3n) is 1.95. The molecular formula is C16H28. The van der Waals surface area contributed by atoms with Crippen LogP contribution in [0.2, 0.25) is 0 Å². The zero-order valence-electron chi connectivity index (χ0n) is 11.7. The van der Waals surface area contributed by atoms with E-state index >= 15 is 0 Å². The van der Waals surface area contributed by atoms with Gasteiger partial charge in [0.2, 0.25) is 0 Å². The van der Waals surface area contributed by atoms with Crippen molar-refractivity contribution in [1.29, 1.82) is 0 Å². The van der Waals surface area contributed by atoms with Crippen molar-refractivity contribution < 1.29 is 0 Å². The molecule has 0 fully saturated rings. The third-order valence-corrected chi connectivity index (χ3v) is 1.95. The third kappa shape index (κ3) is 9.51. The number of allylic oxidation sites excluding steroid dienone is 7. The van der Waals surface area contributed by atoms with Crippen molar-refractivity contribution in [2.75, 3.05) is 0 Å². The molecule has 0 radical (unpaired) electrons. The van der Waals surface area contributed by atoms with Gasteiger partial charge in [-0.3, -0.25) is 0 Å². The molecule has 1 aliphatic carbocycles. The molecule has 1 unspecified atom stereocenters. The van der Waals surface area contributed by atoms with Crippen LogP contribution in [0.5, 0.6) is 0 Å². The van der Waals surface area contributed by atoms with Gasteiger partial charge in [-0.1, -0.05) is 71.1 Å². The van der Waals surface area contributed by atoms with Gasteiger partial charge in [0.05, 0.1) is 0 Å². The fraction of sp³-hybridized carbons (Fsp3) is 0.500. The Bertz CT molecular complexity index is 228. The molecule has 0 aromatic carbocycles. The van der Waals surface area contributed by atoms with Crippen LogP contribution in [0.1, 0.15) is 47.5 Å². The van der Waals surface area contributed by atoms with Gasteiger partial charge in [0, 0.05) is 0 Å². The Morgan fingerprint density at radius 1 is 1.25 bits per heavy atom. The first-order valence-corrected chi connectivity index (χ1v) is 6.47. The van der Waals surface area contributed by atoms with Crippen LogP contribution in [0.15, 0.2) is 48.6 Å². The molecule has 0 aromatic heterocycles. The normalized spacial score (nSPS) is 16.7. The Morgan fingerprint density at radius 2 is 1.88 bits per heavy atom. The Balaban J connectivity index is 0. The van der Waals surface area contributed by atoms with Gasteiger partial charge in [-0.25, -0.2) is 0 Å². The summed E-state index contributed by atoms with van der Waals surface area (Å²) in [5, 5.41) is 0. The molecule has 0 amide bonds. The highest BCUT2D eigenvalue weighted by atomic mass is 14.0. The van der Waals surface area contributed by atoms with Gasteiger partial charge < -0.3 is 0 Å². The van der Waals surface area contributed by atoms with E-state index in [-0.39, 0.29) is 0 Å². The molecule has 92 valence electrons. The first kappa shape index (κ1) is 17.4. The standard InChI is InChI=1S/C12H16.2C2H6/c1-3-7-11(2)10-12-8-5-4-6-9-12;2*1-2/h3-6,8,10-11H,1,7,9H2,2H3;2*1-2H3/b12-10-;;. The lowest BCUT2D eigenvalue weighted by atomic mass is 10.00. The van der Waals surface area contributed by atoms with E-state index in [0.717, 1.165) is 12.8 Å². The summed E-state index contributed by atoms with van der Waals surface area (Å²) in [4.78, 5) is 0. The molecule has 16 heavy (non-hydrogen) atoms. The van der Waals surface area contributed by atoms with E-state index in [0.29, 0.717) is 5.92 Å². The fourth-order valence-corrected chi connectivity index (χ4v) is 1.35. The largest absolute Gasteiger partial charge is 0.103 e. The molecule has 0 saturated heterocycles. The Kier molecular flexibility index (Phi) is 15.1. The van der Waals surface area contributed by atoms with E-state index < -0.39 is 0 Å². The molecule has 1 atom stereocenters. The predicted octanol–water partition coefficient (Wildman–Crippen LogP) is 5.69. The molecule has 0 spiro atoms. The maximum Gasteiger partial charge on any atom is -0.00974 e. The van der Waals surface area contributed by atoms with E-state index in [2.05, 4.69) is 43.9 Å². The van der Waals surface area contributed by atoms with Crippen LogP contribution in [0.25, 0.3) is 0 Å². The van der Waals surface area contributed by atoms with E-state index in [4.69, 9.17) is 0 Å². The minimum atomic E-state index is 0.619. The van der Waals surface area contributed by atoms with Gasteiger partial charge >= 0.3 is 0 Å². The van der Waals surface area contributed by atoms with Crippen LogP contribution < -0.4 is 0 Å². The number of hydrogen-bond acceptors (Lipinski definition) is 0. The summed E-state index contributed by atoms with van der Waals surface area (Å²) in [6, 6.07) is 0. The second kappa shape index (κ2) is 14.0.